The number of amides is 1. The lowest BCUT2D eigenvalue weighted by molar-refractivity contribution is -0.121. The van der Waals surface area contributed by atoms with Crippen LogP contribution in [0.2, 0.25) is 0 Å². The Morgan fingerprint density at radius 2 is 2.22 bits per heavy atom. The second-order valence-electron chi connectivity index (χ2n) is 5.41. The van der Waals surface area contributed by atoms with Crippen molar-refractivity contribution in [3.05, 3.63) is 45.7 Å². The highest BCUT2D eigenvalue weighted by atomic mass is 32.1. The molecule has 0 unspecified atom stereocenters. The van der Waals surface area contributed by atoms with Crippen LogP contribution >= 0.6 is 11.3 Å². The summed E-state index contributed by atoms with van der Waals surface area (Å²) in [6, 6.07) is 4.11. The van der Waals surface area contributed by atoms with E-state index in [9.17, 15) is 4.79 Å². The third kappa shape index (κ3) is 3.56. The Labute approximate surface area is 138 Å². The van der Waals surface area contributed by atoms with Crippen molar-refractivity contribution in [2.45, 2.75) is 33.1 Å². The molecule has 0 radical (unpaired) electrons. The molecule has 0 spiro atoms. The maximum atomic E-state index is 12.0. The van der Waals surface area contributed by atoms with E-state index in [4.69, 9.17) is 0 Å². The number of aromatic nitrogens is 4. The SMILES string of the molecule is Cc1nc2ncnn2c(C)c1CCC(=O)NCCc1cccs1. The molecule has 0 aliphatic heterocycles. The van der Waals surface area contributed by atoms with Crippen LogP contribution in [0.4, 0.5) is 0 Å². The molecule has 1 amide bonds. The molecule has 0 atom stereocenters. The van der Waals surface area contributed by atoms with E-state index in [0.717, 1.165) is 23.4 Å². The molecule has 3 aromatic rings. The summed E-state index contributed by atoms with van der Waals surface area (Å²) >= 11 is 1.72. The summed E-state index contributed by atoms with van der Waals surface area (Å²) in [6.45, 7) is 4.61. The number of nitrogens with zero attached hydrogens (tertiary/aromatic N) is 4. The number of hydrogen-bond acceptors (Lipinski definition) is 5. The van der Waals surface area contributed by atoms with Crippen LogP contribution in [0, 0.1) is 13.8 Å². The fourth-order valence-electron chi connectivity index (χ4n) is 2.62. The van der Waals surface area contributed by atoms with E-state index < -0.39 is 0 Å². The first-order chi connectivity index (χ1) is 11.1. The third-order valence-corrected chi connectivity index (χ3v) is 4.80. The molecule has 120 valence electrons. The first-order valence-corrected chi connectivity index (χ1v) is 8.48. The first kappa shape index (κ1) is 15.6. The van der Waals surface area contributed by atoms with Crippen LogP contribution in [0.1, 0.15) is 28.2 Å². The Morgan fingerprint density at radius 3 is 3.00 bits per heavy atom. The Hall–Kier alpha value is -2.28. The molecule has 0 aliphatic carbocycles. The molecular formula is C16H19N5OS. The van der Waals surface area contributed by atoms with Gasteiger partial charge in [-0.2, -0.15) is 10.1 Å². The van der Waals surface area contributed by atoms with Crippen LogP contribution in [0.25, 0.3) is 5.78 Å². The highest BCUT2D eigenvalue weighted by molar-refractivity contribution is 7.09. The van der Waals surface area contributed by atoms with E-state index in [0.29, 0.717) is 25.2 Å². The van der Waals surface area contributed by atoms with E-state index in [-0.39, 0.29) is 5.91 Å². The van der Waals surface area contributed by atoms with Crippen LogP contribution in [0.5, 0.6) is 0 Å². The molecule has 1 N–H and O–H groups in total. The molecule has 0 saturated heterocycles. The van der Waals surface area contributed by atoms with Gasteiger partial charge < -0.3 is 5.32 Å². The van der Waals surface area contributed by atoms with Gasteiger partial charge in [-0.3, -0.25) is 4.79 Å². The zero-order chi connectivity index (χ0) is 16.2. The van der Waals surface area contributed by atoms with Gasteiger partial charge in [-0.05, 0) is 43.7 Å². The highest BCUT2D eigenvalue weighted by Gasteiger charge is 2.12. The van der Waals surface area contributed by atoms with E-state index in [1.165, 1.54) is 11.2 Å². The molecule has 0 fully saturated rings. The summed E-state index contributed by atoms with van der Waals surface area (Å²) in [6.07, 6.45) is 3.49. The topological polar surface area (TPSA) is 72.2 Å². The van der Waals surface area contributed by atoms with Gasteiger partial charge in [0.15, 0.2) is 0 Å². The zero-order valence-electron chi connectivity index (χ0n) is 13.2. The van der Waals surface area contributed by atoms with Gasteiger partial charge >= 0.3 is 0 Å². The van der Waals surface area contributed by atoms with Gasteiger partial charge in [0, 0.05) is 29.2 Å². The van der Waals surface area contributed by atoms with Gasteiger partial charge in [-0.25, -0.2) is 9.50 Å². The molecule has 3 aromatic heterocycles. The van der Waals surface area contributed by atoms with E-state index in [1.807, 2.05) is 19.9 Å². The average Bonchev–Trinajstić information content (AvgIpc) is 3.18. The summed E-state index contributed by atoms with van der Waals surface area (Å²) in [5.74, 6) is 0.670. The van der Waals surface area contributed by atoms with Crippen molar-refractivity contribution in [3.63, 3.8) is 0 Å². The summed E-state index contributed by atoms with van der Waals surface area (Å²) in [5.41, 5.74) is 2.97. The second-order valence-corrected chi connectivity index (χ2v) is 6.44. The maximum absolute atomic E-state index is 12.0. The molecule has 0 aromatic carbocycles. The first-order valence-electron chi connectivity index (χ1n) is 7.60. The largest absolute Gasteiger partial charge is 0.356 e. The minimum Gasteiger partial charge on any atom is -0.356 e. The van der Waals surface area contributed by atoms with E-state index in [1.54, 1.807) is 15.9 Å². The maximum Gasteiger partial charge on any atom is 0.252 e. The fourth-order valence-corrected chi connectivity index (χ4v) is 3.33. The molecule has 23 heavy (non-hydrogen) atoms. The molecular weight excluding hydrogens is 310 g/mol. The van der Waals surface area contributed by atoms with Crippen LogP contribution in [0.15, 0.2) is 23.8 Å². The van der Waals surface area contributed by atoms with E-state index in [2.05, 4.69) is 31.8 Å². The summed E-state index contributed by atoms with van der Waals surface area (Å²) in [4.78, 5) is 21.8. The molecule has 7 heteroatoms. The third-order valence-electron chi connectivity index (χ3n) is 3.86. The number of carbonyl (C=O) groups is 1. The summed E-state index contributed by atoms with van der Waals surface area (Å²) < 4.78 is 1.72. The second kappa shape index (κ2) is 6.87. The summed E-state index contributed by atoms with van der Waals surface area (Å²) in [7, 11) is 0. The standard InChI is InChI=1S/C16H19N5OS/c1-11-14(12(2)21-16(20-11)18-10-19-21)5-6-15(22)17-8-7-13-4-3-9-23-13/h3-4,9-10H,5-8H2,1-2H3,(H,17,22). The van der Waals surface area contributed by atoms with Crippen LogP contribution in [-0.2, 0) is 17.6 Å². The predicted octanol–water partition coefficient (Wildman–Crippen LogP) is 2.09. The monoisotopic (exact) mass is 329 g/mol. The zero-order valence-corrected chi connectivity index (χ0v) is 14.1. The molecule has 3 rings (SSSR count). The van der Waals surface area contributed by atoms with Gasteiger partial charge in [0.1, 0.15) is 6.33 Å². The lowest BCUT2D eigenvalue weighted by Crippen LogP contribution is -2.26. The van der Waals surface area contributed by atoms with Gasteiger partial charge in [-0.15, -0.1) is 11.3 Å². The molecule has 3 heterocycles. The van der Waals surface area contributed by atoms with Crippen molar-refractivity contribution >= 4 is 23.0 Å². The van der Waals surface area contributed by atoms with Crippen molar-refractivity contribution in [3.8, 4) is 0 Å². The molecule has 0 bridgehead atoms. The highest BCUT2D eigenvalue weighted by Crippen LogP contribution is 2.15. The lowest BCUT2D eigenvalue weighted by Gasteiger charge is -2.10. The minimum absolute atomic E-state index is 0.0686. The Bertz CT molecular complexity index is 809. The number of aryl methyl sites for hydroxylation is 2. The molecule has 6 nitrogen and oxygen atoms in total. The smallest absolute Gasteiger partial charge is 0.252 e. The van der Waals surface area contributed by atoms with Crippen LogP contribution in [0.3, 0.4) is 0 Å². The van der Waals surface area contributed by atoms with Gasteiger partial charge in [0.2, 0.25) is 5.91 Å². The van der Waals surface area contributed by atoms with Crippen molar-refractivity contribution < 1.29 is 4.79 Å². The number of fused-ring (bicyclic) bond motifs is 1. The normalized spacial score (nSPS) is 11.0. The number of hydrogen-bond donors (Lipinski definition) is 1. The number of thiophene rings is 1. The fraction of sp³-hybridized carbons (Fsp3) is 0.375. The number of carbonyl (C=O) groups excluding carboxylic acids is 1. The van der Waals surface area contributed by atoms with Crippen LogP contribution < -0.4 is 5.32 Å². The van der Waals surface area contributed by atoms with Gasteiger partial charge in [0.05, 0.1) is 0 Å². The predicted molar refractivity (Wildman–Crippen MR) is 89.6 cm³/mol. The summed E-state index contributed by atoms with van der Waals surface area (Å²) in [5, 5.41) is 9.20. The minimum atomic E-state index is 0.0686. The quantitative estimate of drug-likeness (QED) is 0.752. The van der Waals surface area contributed by atoms with Crippen molar-refractivity contribution in [2.24, 2.45) is 0 Å². The van der Waals surface area contributed by atoms with Crippen molar-refractivity contribution in [2.75, 3.05) is 6.54 Å². The Morgan fingerprint density at radius 1 is 1.35 bits per heavy atom. The van der Waals surface area contributed by atoms with Crippen molar-refractivity contribution in [1.29, 1.82) is 0 Å². The average molecular weight is 329 g/mol. The van der Waals surface area contributed by atoms with Crippen molar-refractivity contribution in [1.82, 2.24) is 24.9 Å². The van der Waals surface area contributed by atoms with Crippen LogP contribution in [-0.4, -0.2) is 32.0 Å². The van der Waals surface area contributed by atoms with Gasteiger partial charge in [0.25, 0.3) is 5.78 Å². The number of rotatable bonds is 6. The number of nitrogens with one attached hydrogen (secondary N) is 1. The lowest BCUT2D eigenvalue weighted by atomic mass is 10.1. The van der Waals surface area contributed by atoms with Gasteiger partial charge in [-0.1, -0.05) is 6.07 Å². The Balaban J connectivity index is 1.56. The van der Waals surface area contributed by atoms with E-state index >= 15 is 0 Å². The molecule has 0 saturated carbocycles. The Kier molecular flexibility index (Phi) is 4.66. The molecule has 0 aliphatic rings.